The molecule has 2 nitrogen and oxygen atoms in total. The monoisotopic (exact) mass is 153 g/mol. The second-order valence-corrected chi connectivity index (χ2v) is 3.26. The third-order valence-corrected chi connectivity index (χ3v) is 2.00. The molecule has 0 bridgehead atoms. The number of hydrogen-bond acceptors (Lipinski definition) is 0. The van der Waals surface area contributed by atoms with E-state index in [4.69, 9.17) is 0 Å². The summed E-state index contributed by atoms with van der Waals surface area (Å²) < 4.78 is 2.12. The molecule has 0 spiro atoms. The van der Waals surface area contributed by atoms with E-state index in [-0.39, 0.29) is 0 Å². The van der Waals surface area contributed by atoms with Gasteiger partial charge in [-0.25, -0.2) is 0 Å². The predicted octanol–water partition coefficient (Wildman–Crippen LogP) is 1.75. The number of aryl methyl sites for hydroxylation is 2. The molecule has 0 saturated carbocycles. The summed E-state index contributed by atoms with van der Waals surface area (Å²) in [5.74, 6) is 0.624. The van der Waals surface area contributed by atoms with Gasteiger partial charge in [-0.2, -0.15) is 5.10 Å². The van der Waals surface area contributed by atoms with Gasteiger partial charge in [0, 0.05) is 5.56 Å². The number of H-pyrrole nitrogens is 1. The zero-order valence-corrected chi connectivity index (χ0v) is 7.81. The molecule has 1 N–H and O–H groups in total. The Morgan fingerprint density at radius 3 is 2.45 bits per heavy atom. The fourth-order valence-electron chi connectivity index (χ4n) is 1.33. The molecule has 0 radical (unpaired) electrons. The van der Waals surface area contributed by atoms with Gasteiger partial charge in [0.05, 0.1) is 5.69 Å². The molecule has 1 heterocycles. The Kier molecular flexibility index (Phi) is 2.32. The van der Waals surface area contributed by atoms with Crippen LogP contribution in [0.1, 0.15) is 37.9 Å². The minimum absolute atomic E-state index is 0.624. The highest BCUT2D eigenvalue weighted by Crippen LogP contribution is 2.14. The number of aromatic nitrogens is 2. The zero-order valence-electron chi connectivity index (χ0n) is 7.81. The molecule has 0 fully saturated rings. The predicted molar refractivity (Wildman–Crippen MR) is 45.5 cm³/mol. The van der Waals surface area contributed by atoms with Crippen LogP contribution in [-0.4, -0.2) is 5.10 Å². The van der Waals surface area contributed by atoms with Gasteiger partial charge in [-0.15, -0.1) is 4.68 Å². The van der Waals surface area contributed by atoms with Crippen LogP contribution in [0, 0.1) is 6.92 Å². The van der Waals surface area contributed by atoms with Gasteiger partial charge in [0.15, 0.2) is 12.7 Å². The highest BCUT2D eigenvalue weighted by Gasteiger charge is 2.11. The molecule has 11 heavy (non-hydrogen) atoms. The number of hydrogen-bond donors (Lipinski definition) is 1. The number of nitrogens with zero attached hydrogens (tertiary/aromatic N) is 1. The highest BCUT2D eigenvalue weighted by molar-refractivity contribution is 5.15. The van der Waals surface area contributed by atoms with Gasteiger partial charge < -0.3 is 0 Å². The minimum atomic E-state index is 0.624. The Bertz CT molecular complexity index is 236. The third-order valence-electron chi connectivity index (χ3n) is 2.00. The molecule has 0 aromatic carbocycles. The van der Waals surface area contributed by atoms with Crippen molar-refractivity contribution in [3.05, 3.63) is 17.5 Å². The fraction of sp³-hybridized carbons (Fsp3) is 0.667. The summed E-state index contributed by atoms with van der Waals surface area (Å²) in [5.41, 5.74) is 2.72. The van der Waals surface area contributed by atoms with Crippen molar-refractivity contribution in [1.82, 2.24) is 5.10 Å². The molecule has 0 unspecified atom stereocenters. The Hall–Kier alpha value is -0.790. The molecule has 1 rings (SSSR count). The minimum Gasteiger partial charge on any atom is -0.170 e. The van der Waals surface area contributed by atoms with Crippen LogP contribution < -0.4 is 4.68 Å². The van der Waals surface area contributed by atoms with Gasteiger partial charge in [-0.3, -0.25) is 0 Å². The quantitative estimate of drug-likeness (QED) is 0.625. The second-order valence-electron chi connectivity index (χ2n) is 3.26. The summed E-state index contributed by atoms with van der Waals surface area (Å²) in [7, 11) is 0. The van der Waals surface area contributed by atoms with Crippen molar-refractivity contribution in [2.75, 3.05) is 0 Å². The SMILES string of the molecule is CC[n+]1cc(C(C)C)c(C)[nH]1. The fourth-order valence-corrected chi connectivity index (χ4v) is 1.33. The average molecular weight is 153 g/mol. The summed E-state index contributed by atoms with van der Waals surface area (Å²) in [6.45, 7) is 9.72. The molecule has 0 saturated heterocycles. The normalized spacial score (nSPS) is 11.0. The van der Waals surface area contributed by atoms with Gasteiger partial charge in [-0.1, -0.05) is 13.8 Å². The van der Waals surface area contributed by atoms with Crippen molar-refractivity contribution >= 4 is 0 Å². The number of nitrogens with one attached hydrogen (secondary N) is 1. The van der Waals surface area contributed by atoms with Crippen molar-refractivity contribution in [1.29, 1.82) is 0 Å². The Morgan fingerprint density at radius 1 is 1.55 bits per heavy atom. The maximum Gasteiger partial charge on any atom is 0.199 e. The van der Waals surface area contributed by atoms with Crippen LogP contribution in [0.4, 0.5) is 0 Å². The lowest BCUT2D eigenvalue weighted by atomic mass is 10.1. The average Bonchev–Trinajstić information content (AvgIpc) is 2.30. The Labute approximate surface area is 68.2 Å². The van der Waals surface area contributed by atoms with Gasteiger partial charge in [0.2, 0.25) is 0 Å². The van der Waals surface area contributed by atoms with Gasteiger partial charge in [-0.05, 0) is 19.8 Å². The van der Waals surface area contributed by atoms with Crippen molar-refractivity contribution in [2.24, 2.45) is 0 Å². The molecule has 0 amide bonds. The Balaban J connectivity index is 2.97. The third kappa shape index (κ3) is 1.62. The lowest BCUT2D eigenvalue weighted by Gasteiger charge is -1.96. The van der Waals surface area contributed by atoms with Gasteiger partial charge >= 0.3 is 0 Å². The van der Waals surface area contributed by atoms with E-state index in [0.717, 1.165) is 6.54 Å². The summed E-state index contributed by atoms with van der Waals surface area (Å²) >= 11 is 0. The van der Waals surface area contributed by atoms with Crippen LogP contribution in [-0.2, 0) is 6.54 Å². The number of rotatable bonds is 2. The first-order valence-corrected chi connectivity index (χ1v) is 4.24. The van der Waals surface area contributed by atoms with E-state index in [2.05, 4.69) is 43.7 Å². The first kappa shape index (κ1) is 8.31. The van der Waals surface area contributed by atoms with E-state index in [1.165, 1.54) is 11.3 Å². The molecule has 62 valence electrons. The van der Waals surface area contributed by atoms with E-state index in [1.54, 1.807) is 0 Å². The van der Waals surface area contributed by atoms with E-state index in [1.807, 2.05) is 0 Å². The second kappa shape index (κ2) is 3.07. The van der Waals surface area contributed by atoms with E-state index < -0.39 is 0 Å². The van der Waals surface area contributed by atoms with Crippen LogP contribution >= 0.6 is 0 Å². The van der Waals surface area contributed by atoms with Crippen LogP contribution in [0.25, 0.3) is 0 Å². The van der Waals surface area contributed by atoms with Crippen molar-refractivity contribution in [2.45, 2.75) is 40.2 Å². The Morgan fingerprint density at radius 2 is 2.18 bits per heavy atom. The van der Waals surface area contributed by atoms with Gasteiger partial charge in [0.1, 0.15) is 0 Å². The molecule has 0 atom stereocenters. The van der Waals surface area contributed by atoms with Crippen LogP contribution in [0.2, 0.25) is 0 Å². The van der Waals surface area contributed by atoms with Crippen LogP contribution in [0.5, 0.6) is 0 Å². The zero-order chi connectivity index (χ0) is 8.43. The summed E-state index contributed by atoms with van der Waals surface area (Å²) in [6.07, 6.45) is 2.19. The maximum absolute atomic E-state index is 3.29. The highest BCUT2D eigenvalue weighted by atomic mass is 15.3. The molecule has 1 aromatic heterocycles. The van der Waals surface area contributed by atoms with Crippen LogP contribution in [0.15, 0.2) is 6.20 Å². The molecule has 0 aliphatic rings. The summed E-state index contributed by atoms with van der Waals surface area (Å²) in [5, 5.41) is 3.29. The molecule has 0 aliphatic carbocycles. The standard InChI is InChI=1S/C9H16N2/c1-5-11-6-9(7(2)3)8(4)10-11/h6-7H,5H2,1-4H3/p+1. The lowest BCUT2D eigenvalue weighted by molar-refractivity contribution is -0.747. The first-order chi connectivity index (χ1) is 5.15. The van der Waals surface area contributed by atoms with Gasteiger partial charge in [0.25, 0.3) is 0 Å². The molecule has 2 heteroatoms. The smallest absolute Gasteiger partial charge is 0.170 e. The van der Waals surface area contributed by atoms with Crippen molar-refractivity contribution < 1.29 is 4.68 Å². The van der Waals surface area contributed by atoms with Crippen molar-refractivity contribution in [3.8, 4) is 0 Å². The van der Waals surface area contributed by atoms with E-state index in [9.17, 15) is 0 Å². The van der Waals surface area contributed by atoms with E-state index in [0.29, 0.717) is 5.92 Å². The summed E-state index contributed by atoms with van der Waals surface area (Å²) in [4.78, 5) is 0. The van der Waals surface area contributed by atoms with Crippen molar-refractivity contribution in [3.63, 3.8) is 0 Å². The first-order valence-electron chi connectivity index (χ1n) is 4.24. The van der Waals surface area contributed by atoms with E-state index >= 15 is 0 Å². The largest absolute Gasteiger partial charge is 0.199 e. The lowest BCUT2D eigenvalue weighted by Crippen LogP contribution is -2.33. The topological polar surface area (TPSA) is 19.7 Å². The maximum atomic E-state index is 3.29. The molecular formula is C9H17N2+. The molecular weight excluding hydrogens is 136 g/mol. The number of aromatic amines is 1. The molecule has 0 aliphatic heterocycles. The molecule has 1 aromatic rings. The summed E-state index contributed by atoms with van der Waals surface area (Å²) in [6, 6.07) is 0. The van der Waals surface area contributed by atoms with Crippen LogP contribution in [0.3, 0.4) is 0 Å².